The van der Waals surface area contributed by atoms with Crippen molar-refractivity contribution in [2.24, 2.45) is 0 Å². The van der Waals surface area contributed by atoms with E-state index in [1.165, 1.54) is 0 Å². The second kappa shape index (κ2) is 9.69. The molecule has 0 aliphatic carbocycles. The van der Waals surface area contributed by atoms with Crippen molar-refractivity contribution in [2.75, 3.05) is 19.6 Å². The fraction of sp³-hybridized carbons (Fsp3) is 0.458. The summed E-state index contributed by atoms with van der Waals surface area (Å²) < 4.78 is 0. The molecule has 3 aromatic rings. The van der Waals surface area contributed by atoms with E-state index in [0.29, 0.717) is 11.6 Å². The molecule has 3 rings (SSSR count). The van der Waals surface area contributed by atoms with Crippen molar-refractivity contribution in [3.05, 3.63) is 52.7 Å². The summed E-state index contributed by atoms with van der Waals surface area (Å²) in [6.07, 6.45) is 5.96. The average molecular weight is 399 g/mol. The van der Waals surface area contributed by atoms with Crippen LogP contribution in [0, 0.1) is 6.92 Å². The summed E-state index contributed by atoms with van der Waals surface area (Å²) in [6.45, 7) is 9.14. The van der Waals surface area contributed by atoms with E-state index in [1.807, 2.05) is 37.4 Å². The lowest BCUT2D eigenvalue weighted by atomic mass is 9.96. The number of hydrogen-bond acceptors (Lipinski definition) is 3. The number of benzene rings is 2. The Balaban J connectivity index is 2.02. The van der Waals surface area contributed by atoms with E-state index in [2.05, 4.69) is 29.8 Å². The molecule has 0 radical (unpaired) electrons. The number of hydrogen-bond donors (Lipinski definition) is 1. The molecule has 0 fully saturated rings. The largest absolute Gasteiger partial charge is 0.387 e. The van der Waals surface area contributed by atoms with Crippen LogP contribution in [-0.4, -0.2) is 34.6 Å². The van der Waals surface area contributed by atoms with Crippen molar-refractivity contribution in [1.82, 2.24) is 9.88 Å². The van der Waals surface area contributed by atoms with Crippen molar-refractivity contribution in [2.45, 2.75) is 52.6 Å². The van der Waals surface area contributed by atoms with Gasteiger partial charge in [-0.3, -0.25) is 4.98 Å². The number of halogens is 1. The molecule has 2 aromatic carbocycles. The van der Waals surface area contributed by atoms with Crippen LogP contribution in [-0.2, 0) is 0 Å². The number of aryl methyl sites for hydroxylation is 1. The number of nitrogens with zero attached hydrogens (tertiary/aromatic N) is 2. The molecule has 1 aromatic heterocycles. The summed E-state index contributed by atoms with van der Waals surface area (Å²) >= 11 is 6.59. The van der Waals surface area contributed by atoms with E-state index in [1.54, 1.807) is 0 Å². The molecule has 4 heteroatoms. The molecule has 1 heterocycles. The highest BCUT2D eigenvalue weighted by molar-refractivity contribution is 6.37. The van der Waals surface area contributed by atoms with E-state index < -0.39 is 6.10 Å². The first-order chi connectivity index (χ1) is 13.6. The SMILES string of the molecule is CCCCN(CCCC)CC(O)c1c(C)cnc2c1cc(Cl)c1ccccc12. The minimum absolute atomic E-state index is 0.559. The molecule has 28 heavy (non-hydrogen) atoms. The average Bonchev–Trinajstić information content (AvgIpc) is 2.70. The molecule has 0 amide bonds. The standard InChI is InChI=1S/C24H31ClN2O/c1-4-6-12-27(13-7-5-2)16-22(28)23-17(3)15-26-24-19-11-9-8-10-18(19)21(25)14-20(23)24/h8-11,14-15,22,28H,4-7,12-13,16H2,1-3H3. The zero-order valence-electron chi connectivity index (χ0n) is 17.2. The van der Waals surface area contributed by atoms with Gasteiger partial charge in [0.05, 0.1) is 11.6 Å². The molecule has 0 bridgehead atoms. The first-order valence-corrected chi connectivity index (χ1v) is 10.8. The van der Waals surface area contributed by atoms with Crippen LogP contribution in [0.15, 0.2) is 36.5 Å². The topological polar surface area (TPSA) is 36.4 Å². The van der Waals surface area contributed by atoms with Crippen LogP contribution in [0.3, 0.4) is 0 Å². The predicted molar refractivity (Wildman–Crippen MR) is 120 cm³/mol. The number of aliphatic hydroxyl groups excluding tert-OH is 1. The Morgan fingerprint density at radius 1 is 1.04 bits per heavy atom. The first kappa shape index (κ1) is 21.0. The van der Waals surface area contributed by atoms with Gasteiger partial charge in [0.25, 0.3) is 0 Å². The molecule has 150 valence electrons. The van der Waals surface area contributed by atoms with Crippen LogP contribution < -0.4 is 0 Å². The molecule has 0 spiro atoms. The Kier molecular flexibility index (Phi) is 7.28. The summed E-state index contributed by atoms with van der Waals surface area (Å²) in [7, 11) is 0. The number of rotatable bonds is 9. The molecule has 0 saturated carbocycles. The zero-order valence-corrected chi connectivity index (χ0v) is 18.0. The third-order valence-electron chi connectivity index (χ3n) is 5.49. The van der Waals surface area contributed by atoms with Crippen molar-refractivity contribution in [3.8, 4) is 0 Å². The summed E-state index contributed by atoms with van der Waals surface area (Å²) in [5.74, 6) is 0. The third-order valence-corrected chi connectivity index (χ3v) is 5.80. The summed E-state index contributed by atoms with van der Waals surface area (Å²) in [5, 5.41) is 14.9. The monoisotopic (exact) mass is 398 g/mol. The van der Waals surface area contributed by atoms with Crippen LogP contribution in [0.1, 0.15) is 56.8 Å². The second-order valence-electron chi connectivity index (χ2n) is 7.68. The summed E-state index contributed by atoms with van der Waals surface area (Å²) in [4.78, 5) is 7.08. The number of pyridine rings is 1. The normalized spacial score (nSPS) is 12.9. The fourth-order valence-electron chi connectivity index (χ4n) is 3.94. The number of aliphatic hydroxyl groups is 1. The lowest BCUT2D eigenvalue weighted by Crippen LogP contribution is -2.31. The summed E-state index contributed by atoms with van der Waals surface area (Å²) in [5.41, 5.74) is 2.88. The van der Waals surface area contributed by atoms with Crippen LogP contribution in [0.25, 0.3) is 21.7 Å². The van der Waals surface area contributed by atoms with Crippen molar-refractivity contribution < 1.29 is 5.11 Å². The third kappa shape index (κ3) is 4.48. The van der Waals surface area contributed by atoms with Gasteiger partial charge >= 0.3 is 0 Å². The van der Waals surface area contributed by atoms with Gasteiger partial charge in [0.15, 0.2) is 0 Å². The van der Waals surface area contributed by atoms with Crippen LogP contribution in [0.5, 0.6) is 0 Å². The van der Waals surface area contributed by atoms with E-state index >= 15 is 0 Å². The van der Waals surface area contributed by atoms with Crippen molar-refractivity contribution >= 4 is 33.3 Å². The predicted octanol–water partition coefficient (Wildman–Crippen LogP) is 6.29. The molecular weight excluding hydrogens is 368 g/mol. The van der Waals surface area contributed by atoms with Gasteiger partial charge in [-0.1, -0.05) is 62.6 Å². The molecule has 0 saturated heterocycles. The quantitative estimate of drug-likeness (QED) is 0.430. The lowest BCUT2D eigenvalue weighted by molar-refractivity contribution is 0.111. The van der Waals surface area contributed by atoms with E-state index in [9.17, 15) is 5.11 Å². The fourth-order valence-corrected chi connectivity index (χ4v) is 4.21. The van der Waals surface area contributed by atoms with E-state index in [0.717, 1.165) is 71.6 Å². The van der Waals surface area contributed by atoms with E-state index in [4.69, 9.17) is 11.6 Å². The molecule has 1 unspecified atom stereocenters. The van der Waals surface area contributed by atoms with Gasteiger partial charge in [0.2, 0.25) is 0 Å². The zero-order chi connectivity index (χ0) is 20.1. The molecule has 1 N–H and O–H groups in total. The number of fused-ring (bicyclic) bond motifs is 3. The Hall–Kier alpha value is -1.68. The van der Waals surface area contributed by atoms with Gasteiger partial charge < -0.3 is 10.0 Å². The van der Waals surface area contributed by atoms with Crippen LogP contribution >= 0.6 is 11.6 Å². The highest BCUT2D eigenvalue weighted by Crippen LogP contribution is 2.35. The second-order valence-corrected chi connectivity index (χ2v) is 8.09. The van der Waals surface area contributed by atoms with Gasteiger partial charge in [-0.2, -0.15) is 0 Å². The minimum Gasteiger partial charge on any atom is -0.387 e. The van der Waals surface area contributed by atoms with Gasteiger partial charge in [0, 0.05) is 33.9 Å². The highest BCUT2D eigenvalue weighted by Gasteiger charge is 2.20. The van der Waals surface area contributed by atoms with Gasteiger partial charge in [-0.15, -0.1) is 0 Å². The Morgan fingerprint density at radius 2 is 1.68 bits per heavy atom. The Morgan fingerprint density at radius 3 is 2.32 bits per heavy atom. The maximum Gasteiger partial charge on any atom is 0.0926 e. The number of aromatic nitrogens is 1. The highest BCUT2D eigenvalue weighted by atomic mass is 35.5. The molecule has 0 aliphatic rings. The van der Waals surface area contributed by atoms with Crippen molar-refractivity contribution in [1.29, 1.82) is 0 Å². The van der Waals surface area contributed by atoms with Gasteiger partial charge in [-0.25, -0.2) is 0 Å². The van der Waals surface area contributed by atoms with Crippen LogP contribution in [0.4, 0.5) is 0 Å². The van der Waals surface area contributed by atoms with Gasteiger partial charge in [0.1, 0.15) is 0 Å². The van der Waals surface area contributed by atoms with E-state index in [-0.39, 0.29) is 0 Å². The Labute approximate surface area is 173 Å². The maximum absolute atomic E-state index is 11.2. The molecule has 0 aliphatic heterocycles. The summed E-state index contributed by atoms with van der Waals surface area (Å²) in [6, 6.07) is 10.0. The van der Waals surface area contributed by atoms with Gasteiger partial charge in [-0.05, 0) is 50.0 Å². The lowest BCUT2D eigenvalue weighted by Gasteiger charge is -2.26. The minimum atomic E-state index is -0.559. The van der Waals surface area contributed by atoms with Crippen LogP contribution in [0.2, 0.25) is 5.02 Å². The smallest absolute Gasteiger partial charge is 0.0926 e. The Bertz CT molecular complexity index is 933. The number of unbranched alkanes of at least 4 members (excludes halogenated alkanes) is 2. The molecule has 3 nitrogen and oxygen atoms in total. The first-order valence-electron chi connectivity index (χ1n) is 10.4. The molecular formula is C24H31ClN2O. The maximum atomic E-state index is 11.2. The molecule has 1 atom stereocenters. The van der Waals surface area contributed by atoms with Crippen molar-refractivity contribution in [3.63, 3.8) is 0 Å².